The SMILES string of the molecule is COc1ccc2c(c1)c1c(c(=O)n(-c3ccc(C)cc3)c(=O)n1Cc1ccccc1Cl)n2C. The fourth-order valence-corrected chi connectivity index (χ4v) is 4.52. The molecule has 0 aliphatic carbocycles. The number of benzene rings is 3. The van der Waals surface area contributed by atoms with Crippen LogP contribution in [0.3, 0.4) is 0 Å². The van der Waals surface area contributed by atoms with Gasteiger partial charge in [-0.05, 0) is 48.9 Å². The number of fused-ring (bicyclic) bond motifs is 3. The molecule has 33 heavy (non-hydrogen) atoms. The largest absolute Gasteiger partial charge is 0.497 e. The van der Waals surface area contributed by atoms with Crippen molar-refractivity contribution in [3.05, 3.63) is 104 Å². The molecule has 6 nitrogen and oxygen atoms in total. The molecule has 7 heteroatoms. The van der Waals surface area contributed by atoms with Gasteiger partial charge in [-0.15, -0.1) is 0 Å². The maximum atomic E-state index is 13.9. The predicted molar refractivity (Wildman–Crippen MR) is 132 cm³/mol. The number of methoxy groups -OCH3 is 1. The van der Waals surface area contributed by atoms with Crippen molar-refractivity contribution < 1.29 is 4.74 Å². The van der Waals surface area contributed by atoms with Crippen LogP contribution in [0, 0.1) is 6.92 Å². The number of aryl methyl sites for hydroxylation is 2. The van der Waals surface area contributed by atoms with Crippen molar-refractivity contribution in [3.8, 4) is 11.4 Å². The summed E-state index contributed by atoms with van der Waals surface area (Å²) in [5.41, 5.74) is 3.39. The lowest BCUT2D eigenvalue weighted by Gasteiger charge is -2.14. The van der Waals surface area contributed by atoms with E-state index < -0.39 is 5.69 Å². The van der Waals surface area contributed by atoms with Crippen LogP contribution >= 0.6 is 11.6 Å². The predicted octanol–water partition coefficient (Wildman–Crippen LogP) is 4.66. The summed E-state index contributed by atoms with van der Waals surface area (Å²) < 4.78 is 10.1. The lowest BCUT2D eigenvalue weighted by Crippen LogP contribution is -2.39. The van der Waals surface area contributed by atoms with Crippen molar-refractivity contribution in [3.63, 3.8) is 0 Å². The van der Waals surface area contributed by atoms with Gasteiger partial charge >= 0.3 is 5.69 Å². The van der Waals surface area contributed by atoms with E-state index in [0.717, 1.165) is 22.0 Å². The van der Waals surface area contributed by atoms with Crippen molar-refractivity contribution in [1.82, 2.24) is 13.7 Å². The minimum atomic E-state index is -0.424. The van der Waals surface area contributed by atoms with Gasteiger partial charge in [-0.2, -0.15) is 0 Å². The highest BCUT2D eigenvalue weighted by molar-refractivity contribution is 6.31. The average Bonchev–Trinajstić information content (AvgIpc) is 3.11. The van der Waals surface area contributed by atoms with E-state index in [0.29, 0.717) is 27.5 Å². The second-order valence-electron chi connectivity index (χ2n) is 8.08. The number of nitrogens with zero attached hydrogens (tertiary/aromatic N) is 3. The molecule has 0 atom stereocenters. The van der Waals surface area contributed by atoms with Gasteiger partial charge in [0.2, 0.25) is 0 Å². The monoisotopic (exact) mass is 459 g/mol. The zero-order valence-electron chi connectivity index (χ0n) is 18.5. The molecule has 3 aromatic carbocycles. The van der Waals surface area contributed by atoms with Gasteiger partial charge in [0.15, 0.2) is 0 Å². The van der Waals surface area contributed by atoms with Gasteiger partial charge < -0.3 is 9.30 Å². The first kappa shape index (κ1) is 21.1. The number of ether oxygens (including phenoxy) is 1. The Balaban J connectivity index is 1.95. The number of aromatic nitrogens is 3. The van der Waals surface area contributed by atoms with Crippen LogP contribution in [0.5, 0.6) is 5.75 Å². The molecule has 5 rings (SSSR count). The molecule has 0 amide bonds. The van der Waals surface area contributed by atoms with Crippen molar-refractivity contribution in [2.75, 3.05) is 7.11 Å². The molecular weight excluding hydrogens is 438 g/mol. The average molecular weight is 460 g/mol. The van der Waals surface area contributed by atoms with Gasteiger partial charge in [0.05, 0.1) is 30.4 Å². The Morgan fingerprint density at radius 2 is 1.67 bits per heavy atom. The van der Waals surface area contributed by atoms with E-state index in [2.05, 4.69) is 0 Å². The van der Waals surface area contributed by atoms with Gasteiger partial charge in [-0.1, -0.05) is 47.5 Å². The van der Waals surface area contributed by atoms with E-state index in [1.165, 1.54) is 4.57 Å². The molecule has 0 bridgehead atoms. The lowest BCUT2D eigenvalue weighted by molar-refractivity contribution is 0.415. The van der Waals surface area contributed by atoms with Gasteiger partial charge in [0.25, 0.3) is 5.56 Å². The third-order valence-electron chi connectivity index (χ3n) is 6.06. The van der Waals surface area contributed by atoms with Crippen LogP contribution in [-0.2, 0) is 13.6 Å². The molecule has 0 aliphatic heterocycles. The summed E-state index contributed by atoms with van der Waals surface area (Å²) in [6, 6.07) is 20.3. The number of hydrogen-bond acceptors (Lipinski definition) is 3. The van der Waals surface area contributed by atoms with E-state index in [1.54, 1.807) is 29.9 Å². The highest BCUT2D eigenvalue weighted by atomic mass is 35.5. The molecular formula is C26H22ClN3O3. The molecule has 0 fully saturated rings. The van der Waals surface area contributed by atoms with Crippen LogP contribution in [0.1, 0.15) is 11.1 Å². The van der Waals surface area contributed by atoms with E-state index in [-0.39, 0.29) is 12.1 Å². The van der Waals surface area contributed by atoms with Gasteiger partial charge in [-0.25, -0.2) is 9.36 Å². The van der Waals surface area contributed by atoms with Gasteiger partial charge in [-0.3, -0.25) is 9.36 Å². The topological polar surface area (TPSA) is 58.2 Å². The number of halogens is 1. The second-order valence-corrected chi connectivity index (χ2v) is 8.48. The summed E-state index contributed by atoms with van der Waals surface area (Å²) in [5.74, 6) is 0.648. The Bertz CT molecular complexity index is 1640. The summed E-state index contributed by atoms with van der Waals surface area (Å²) in [7, 11) is 3.43. The molecule has 0 saturated heterocycles. The minimum absolute atomic E-state index is 0.220. The van der Waals surface area contributed by atoms with E-state index in [9.17, 15) is 9.59 Å². The molecule has 0 saturated carbocycles. The van der Waals surface area contributed by atoms with Crippen LogP contribution in [0.2, 0.25) is 5.02 Å². The lowest BCUT2D eigenvalue weighted by atomic mass is 10.2. The summed E-state index contributed by atoms with van der Waals surface area (Å²) in [6.45, 7) is 2.18. The van der Waals surface area contributed by atoms with Crippen molar-refractivity contribution >= 4 is 33.5 Å². The zero-order chi connectivity index (χ0) is 23.3. The molecule has 2 heterocycles. The van der Waals surface area contributed by atoms with Crippen LogP contribution in [0.4, 0.5) is 0 Å². The Labute approximate surface area is 194 Å². The van der Waals surface area contributed by atoms with Crippen molar-refractivity contribution in [2.45, 2.75) is 13.5 Å². The molecule has 0 N–H and O–H groups in total. The molecule has 166 valence electrons. The minimum Gasteiger partial charge on any atom is -0.497 e. The molecule has 0 radical (unpaired) electrons. The van der Waals surface area contributed by atoms with E-state index in [1.807, 2.05) is 67.1 Å². The zero-order valence-corrected chi connectivity index (χ0v) is 19.3. The van der Waals surface area contributed by atoms with Crippen LogP contribution < -0.4 is 16.0 Å². The first-order chi connectivity index (χ1) is 15.9. The van der Waals surface area contributed by atoms with Crippen molar-refractivity contribution in [1.29, 1.82) is 0 Å². The maximum Gasteiger partial charge on any atom is 0.336 e. The molecule has 5 aromatic rings. The first-order valence-corrected chi connectivity index (χ1v) is 10.9. The molecule has 0 unspecified atom stereocenters. The van der Waals surface area contributed by atoms with Crippen molar-refractivity contribution in [2.24, 2.45) is 7.05 Å². The standard InChI is InChI=1S/C26H22ClN3O3/c1-16-8-10-18(11-9-16)30-25(31)24-23(20-14-19(33-3)12-13-22(20)28(24)2)29(26(30)32)15-17-6-4-5-7-21(17)27/h4-14H,15H2,1-3H3. The van der Waals surface area contributed by atoms with E-state index in [4.69, 9.17) is 16.3 Å². The first-order valence-electron chi connectivity index (χ1n) is 10.5. The third kappa shape index (κ3) is 3.34. The smallest absolute Gasteiger partial charge is 0.336 e. The summed E-state index contributed by atoms with van der Waals surface area (Å²) in [6.07, 6.45) is 0. The van der Waals surface area contributed by atoms with Gasteiger partial charge in [0, 0.05) is 17.5 Å². The quantitative estimate of drug-likeness (QED) is 0.392. The van der Waals surface area contributed by atoms with Gasteiger partial charge in [0.1, 0.15) is 11.3 Å². The summed E-state index contributed by atoms with van der Waals surface area (Å²) in [5, 5.41) is 1.33. The number of hydrogen-bond donors (Lipinski definition) is 0. The van der Waals surface area contributed by atoms with E-state index >= 15 is 0 Å². The van der Waals surface area contributed by atoms with Crippen LogP contribution in [0.15, 0.2) is 76.3 Å². The summed E-state index contributed by atoms with van der Waals surface area (Å²) >= 11 is 6.45. The Morgan fingerprint density at radius 1 is 0.939 bits per heavy atom. The fraction of sp³-hybridized carbons (Fsp3) is 0.154. The molecule has 0 aliphatic rings. The van der Waals surface area contributed by atoms with Crippen LogP contribution in [-0.4, -0.2) is 20.8 Å². The summed E-state index contributed by atoms with van der Waals surface area (Å²) in [4.78, 5) is 27.6. The Morgan fingerprint density at radius 3 is 2.36 bits per heavy atom. The highest BCUT2D eigenvalue weighted by Crippen LogP contribution is 2.30. The fourth-order valence-electron chi connectivity index (χ4n) is 4.32. The van der Waals surface area contributed by atoms with Crippen LogP contribution in [0.25, 0.3) is 27.6 Å². The molecule has 2 aromatic heterocycles. The molecule has 0 spiro atoms. The Hall–Kier alpha value is -3.77. The maximum absolute atomic E-state index is 13.9. The highest BCUT2D eigenvalue weighted by Gasteiger charge is 2.22. The normalized spacial score (nSPS) is 11.4. The number of rotatable bonds is 4. The second kappa shape index (κ2) is 7.98. The Kier molecular flexibility index (Phi) is 5.10. The third-order valence-corrected chi connectivity index (χ3v) is 6.42.